The minimum absolute atomic E-state index is 0.0701. The number of amidine groups is 1. The molecule has 0 aromatic heterocycles. The van der Waals surface area contributed by atoms with Gasteiger partial charge in [0.25, 0.3) is 0 Å². The van der Waals surface area contributed by atoms with Crippen molar-refractivity contribution in [1.29, 1.82) is 0 Å². The lowest BCUT2D eigenvalue weighted by atomic mass is 9.78. The molecule has 20 heavy (non-hydrogen) atoms. The molecular formula is C15H29N3O2. The van der Waals surface area contributed by atoms with E-state index >= 15 is 0 Å². The minimum atomic E-state index is -0.802. The van der Waals surface area contributed by atoms with E-state index in [9.17, 15) is 4.79 Å². The lowest BCUT2D eigenvalue weighted by molar-refractivity contribution is -0.128. The van der Waals surface area contributed by atoms with Gasteiger partial charge in [-0.05, 0) is 31.6 Å². The van der Waals surface area contributed by atoms with Crippen LogP contribution in [0.15, 0.2) is 5.16 Å². The van der Waals surface area contributed by atoms with Gasteiger partial charge in [-0.1, -0.05) is 44.7 Å². The molecule has 116 valence electrons. The summed E-state index contributed by atoms with van der Waals surface area (Å²) >= 11 is 0. The van der Waals surface area contributed by atoms with Crippen LogP contribution in [0.5, 0.6) is 0 Å². The van der Waals surface area contributed by atoms with Crippen molar-refractivity contribution in [3.05, 3.63) is 0 Å². The summed E-state index contributed by atoms with van der Waals surface area (Å²) < 4.78 is 0. The maximum Gasteiger partial charge on any atom is 0.233 e. The molecule has 5 heteroatoms. The molecule has 0 aliphatic heterocycles. The topological polar surface area (TPSA) is 87.7 Å². The molecule has 1 saturated carbocycles. The second-order valence-corrected chi connectivity index (χ2v) is 6.27. The first-order valence-corrected chi connectivity index (χ1v) is 7.79. The largest absolute Gasteiger partial charge is 0.409 e. The van der Waals surface area contributed by atoms with Crippen LogP contribution in [0.1, 0.15) is 65.2 Å². The number of oxime groups is 1. The normalized spacial score (nSPS) is 19.6. The number of nitrogens with zero attached hydrogens (tertiary/aromatic N) is 1. The Bertz CT molecular complexity index is 332. The van der Waals surface area contributed by atoms with Crippen molar-refractivity contribution in [2.75, 3.05) is 6.54 Å². The van der Waals surface area contributed by atoms with E-state index in [0.29, 0.717) is 25.3 Å². The Balaban J connectivity index is 2.65. The third-order valence-electron chi connectivity index (χ3n) is 4.23. The lowest BCUT2D eigenvalue weighted by Crippen LogP contribution is -2.49. The standard InChI is InChI=1S/C15H29N3O2/c1-12(2)8-7-11-17-14(19)15(13(16)18-20)9-5-3-4-6-10-15/h12,20H,3-11H2,1-2H3,(H2,16,18)(H,17,19). The van der Waals surface area contributed by atoms with Gasteiger partial charge in [0.1, 0.15) is 5.41 Å². The highest BCUT2D eigenvalue weighted by molar-refractivity contribution is 6.06. The quantitative estimate of drug-likeness (QED) is 0.175. The molecule has 1 aliphatic carbocycles. The number of rotatable bonds is 6. The maximum absolute atomic E-state index is 12.5. The number of hydrogen-bond acceptors (Lipinski definition) is 3. The van der Waals surface area contributed by atoms with Crippen LogP contribution in [0.25, 0.3) is 0 Å². The fraction of sp³-hybridized carbons (Fsp3) is 0.867. The van der Waals surface area contributed by atoms with Gasteiger partial charge in [-0.15, -0.1) is 0 Å². The molecule has 0 bridgehead atoms. The van der Waals surface area contributed by atoms with Crippen molar-refractivity contribution in [2.24, 2.45) is 22.2 Å². The molecule has 0 atom stereocenters. The summed E-state index contributed by atoms with van der Waals surface area (Å²) in [5, 5.41) is 15.1. The van der Waals surface area contributed by atoms with Crippen LogP contribution in [0.2, 0.25) is 0 Å². The van der Waals surface area contributed by atoms with Gasteiger partial charge in [-0.3, -0.25) is 4.79 Å². The summed E-state index contributed by atoms with van der Waals surface area (Å²) in [4.78, 5) is 12.5. The molecule has 1 fully saturated rings. The molecule has 0 heterocycles. The van der Waals surface area contributed by atoms with Crippen LogP contribution in [0, 0.1) is 11.3 Å². The van der Waals surface area contributed by atoms with Gasteiger partial charge in [0, 0.05) is 6.54 Å². The van der Waals surface area contributed by atoms with E-state index in [4.69, 9.17) is 10.9 Å². The Labute approximate surface area is 122 Å². The highest BCUT2D eigenvalue weighted by atomic mass is 16.4. The Morgan fingerprint density at radius 2 is 1.90 bits per heavy atom. The number of nitrogens with one attached hydrogen (secondary N) is 1. The van der Waals surface area contributed by atoms with Gasteiger partial charge < -0.3 is 16.3 Å². The number of carbonyl (C=O) groups is 1. The molecule has 0 radical (unpaired) electrons. The van der Waals surface area contributed by atoms with E-state index in [1.165, 1.54) is 0 Å². The summed E-state index contributed by atoms with van der Waals surface area (Å²) in [6.07, 6.45) is 7.55. The molecule has 0 aromatic carbocycles. The lowest BCUT2D eigenvalue weighted by Gasteiger charge is -2.29. The van der Waals surface area contributed by atoms with Crippen molar-refractivity contribution >= 4 is 11.7 Å². The summed E-state index contributed by atoms with van der Waals surface area (Å²) in [5.41, 5.74) is 5.04. The molecule has 0 aromatic rings. The number of nitrogens with two attached hydrogens (primary N) is 1. The van der Waals surface area contributed by atoms with Crippen LogP contribution >= 0.6 is 0 Å². The second kappa shape index (κ2) is 8.12. The summed E-state index contributed by atoms with van der Waals surface area (Å²) in [7, 11) is 0. The molecule has 5 nitrogen and oxygen atoms in total. The zero-order valence-corrected chi connectivity index (χ0v) is 12.8. The van der Waals surface area contributed by atoms with Crippen molar-refractivity contribution in [2.45, 2.75) is 65.2 Å². The summed E-state index contributed by atoms with van der Waals surface area (Å²) in [6.45, 7) is 5.01. The molecule has 4 N–H and O–H groups in total. The van der Waals surface area contributed by atoms with E-state index in [0.717, 1.165) is 38.5 Å². The molecule has 1 rings (SSSR count). The third kappa shape index (κ3) is 4.39. The van der Waals surface area contributed by atoms with E-state index < -0.39 is 5.41 Å². The van der Waals surface area contributed by atoms with E-state index in [1.54, 1.807) is 0 Å². The van der Waals surface area contributed by atoms with Crippen molar-refractivity contribution in [1.82, 2.24) is 5.32 Å². The number of hydrogen-bond donors (Lipinski definition) is 3. The predicted molar refractivity (Wildman–Crippen MR) is 80.6 cm³/mol. The van der Waals surface area contributed by atoms with Gasteiger partial charge in [0.2, 0.25) is 5.91 Å². The van der Waals surface area contributed by atoms with E-state index in [1.807, 2.05) is 0 Å². The fourth-order valence-corrected chi connectivity index (χ4v) is 2.91. The Kier molecular flexibility index (Phi) is 6.82. The summed E-state index contributed by atoms with van der Waals surface area (Å²) in [6, 6.07) is 0. The molecular weight excluding hydrogens is 254 g/mol. The Morgan fingerprint density at radius 1 is 1.30 bits per heavy atom. The average molecular weight is 283 g/mol. The van der Waals surface area contributed by atoms with Crippen LogP contribution in [0.4, 0.5) is 0 Å². The highest BCUT2D eigenvalue weighted by Crippen LogP contribution is 2.35. The smallest absolute Gasteiger partial charge is 0.233 e. The molecule has 0 saturated heterocycles. The zero-order chi connectivity index (χ0) is 15.0. The Morgan fingerprint density at radius 3 is 2.40 bits per heavy atom. The third-order valence-corrected chi connectivity index (χ3v) is 4.23. The molecule has 1 aliphatic rings. The van der Waals surface area contributed by atoms with Crippen molar-refractivity contribution in [3.8, 4) is 0 Å². The van der Waals surface area contributed by atoms with E-state index in [-0.39, 0.29) is 11.7 Å². The number of amides is 1. The van der Waals surface area contributed by atoms with Gasteiger partial charge >= 0.3 is 0 Å². The van der Waals surface area contributed by atoms with Crippen molar-refractivity contribution < 1.29 is 10.0 Å². The first kappa shape index (κ1) is 16.8. The SMILES string of the molecule is CC(C)CCCNC(=O)C1(C(N)=NO)CCCCCC1. The molecule has 0 unspecified atom stereocenters. The van der Waals surface area contributed by atoms with Crippen LogP contribution in [-0.2, 0) is 4.79 Å². The van der Waals surface area contributed by atoms with Crippen LogP contribution in [-0.4, -0.2) is 23.5 Å². The molecule has 0 spiro atoms. The second-order valence-electron chi connectivity index (χ2n) is 6.27. The maximum atomic E-state index is 12.5. The first-order valence-electron chi connectivity index (χ1n) is 7.79. The minimum Gasteiger partial charge on any atom is -0.409 e. The first-order chi connectivity index (χ1) is 9.53. The van der Waals surface area contributed by atoms with Gasteiger partial charge in [-0.25, -0.2) is 0 Å². The van der Waals surface area contributed by atoms with Gasteiger partial charge in [-0.2, -0.15) is 0 Å². The summed E-state index contributed by atoms with van der Waals surface area (Å²) in [5.74, 6) is 0.641. The van der Waals surface area contributed by atoms with Crippen molar-refractivity contribution in [3.63, 3.8) is 0 Å². The average Bonchev–Trinajstić information content (AvgIpc) is 2.69. The van der Waals surface area contributed by atoms with E-state index in [2.05, 4.69) is 24.3 Å². The highest BCUT2D eigenvalue weighted by Gasteiger charge is 2.42. The van der Waals surface area contributed by atoms with Gasteiger partial charge in [0.15, 0.2) is 5.84 Å². The molecule has 1 amide bonds. The van der Waals surface area contributed by atoms with Gasteiger partial charge in [0.05, 0.1) is 0 Å². The Hall–Kier alpha value is -1.26. The predicted octanol–water partition coefficient (Wildman–Crippen LogP) is 2.63. The zero-order valence-electron chi connectivity index (χ0n) is 12.8. The van der Waals surface area contributed by atoms with Crippen LogP contribution in [0.3, 0.4) is 0 Å². The number of carbonyl (C=O) groups excluding carboxylic acids is 1. The van der Waals surface area contributed by atoms with Crippen LogP contribution < -0.4 is 11.1 Å². The monoisotopic (exact) mass is 283 g/mol. The fourth-order valence-electron chi connectivity index (χ4n) is 2.91.